The molecule has 3 aromatic heterocycles. The average Bonchev–Trinajstić information content (AvgIpc) is 3.18. The molecule has 0 radical (unpaired) electrons. The third kappa shape index (κ3) is 5.21. The van der Waals surface area contributed by atoms with Gasteiger partial charge in [0.25, 0.3) is 23.6 Å². The van der Waals surface area contributed by atoms with Crippen LogP contribution in [-0.4, -0.2) is 28.6 Å². The monoisotopic (exact) mass is 551 g/mol. The minimum atomic E-state index is -0.555. The smallest absolute Gasteiger partial charge is 0.274 e. The number of nitrogens with two attached hydrogens (primary N) is 2. The maximum absolute atomic E-state index is 13.0. The molecule has 0 aliphatic heterocycles. The van der Waals surface area contributed by atoms with Crippen LogP contribution in [0.25, 0.3) is 0 Å². The summed E-state index contributed by atoms with van der Waals surface area (Å²) in [5.74, 6) is -2.04. The Labute approximate surface area is 228 Å². The van der Waals surface area contributed by atoms with E-state index in [1.807, 2.05) is 0 Å². The number of nitrogens with zero attached hydrogens (tertiary/aromatic N) is 1. The number of hydrogen-bond acceptors (Lipinski definition) is 7. The highest BCUT2D eigenvalue weighted by molar-refractivity contribution is 7.17. The Balaban J connectivity index is 1.32. The van der Waals surface area contributed by atoms with Gasteiger partial charge in [0.2, 0.25) is 0 Å². The Kier molecular flexibility index (Phi) is 7.57. The van der Waals surface area contributed by atoms with E-state index in [9.17, 15) is 19.2 Å². The van der Waals surface area contributed by atoms with Crippen molar-refractivity contribution in [1.82, 2.24) is 4.98 Å². The third-order valence-corrected chi connectivity index (χ3v) is 9.46. The van der Waals surface area contributed by atoms with Gasteiger partial charge in [0.1, 0.15) is 15.7 Å². The van der Waals surface area contributed by atoms with Gasteiger partial charge in [-0.15, -0.1) is 22.7 Å². The molecule has 0 fully saturated rings. The predicted octanol–water partition coefficient (Wildman–Crippen LogP) is 4.44. The molecule has 38 heavy (non-hydrogen) atoms. The van der Waals surface area contributed by atoms with E-state index in [1.165, 1.54) is 41.0 Å². The van der Waals surface area contributed by atoms with Crippen molar-refractivity contribution in [3.63, 3.8) is 0 Å². The molecule has 0 saturated carbocycles. The lowest BCUT2D eigenvalue weighted by atomic mass is 10.1. The molecule has 3 aromatic rings. The number of amides is 4. The standard InChI is InChI=1S/C27H29N5O4S2/c28-22(33)20-15-7-3-1-5-9-18(15)37-26(20)31-24(35)14-11-12-17(30-13-14)25(36)32-27-21(23(29)34)16-8-4-2-6-10-19(16)38-27/h11-13H,1-10H2,(H2,28,33)(H2,29,34)(H,31,35)(H,32,36). The van der Waals surface area contributed by atoms with E-state index in [4.69, 9.17) is 11.5 Å². The van der Waals surface area contributed by atoms with Gasteiger partial charge >= 0.3 is 0 Å². The molecular formula is C27H29N5O4S2. The van der Waals surface area contributed by atoms with Crippen LogP contribution >= 0.6 is 22.7 Å². The summed E-state index contributed by atoms with van der Waals surface area (Å²) in [6.07, 6.45) is 10.8. The number of primary amides is 2. The van der Waals surface area contributed by atoms with Crippen molar-refractivity contribution in [2.45, 2.75) is 64.2 Å². The maximum Gasteiger partial charge on any atom is 0.274 e. The van der Waals surface area contributed by atoms with Crippen LogP contribution in [0.15, 0.2) is 18.3 Å². The Morgan fingerprint density at radius 3 is 1.66 bits per heavy atom. The fourth-order valence-corrected chi connectivity index (χ4v) is 7.77. The molecule has 0 unspecified atom stereocenters. The third-order valence-electron chi connectivity index (χ3n) is 7.05. The first-order valence-corrected chi connectivity index (χ1v) is 14.4. The summed E-state index contributed by atoms with van der Waals surface area (Å²) in [6.45, 7) is 0. The van der Waals surface area contributed by atoms with Crippen molar-refractivity contribution >= 4 is 56.3 Å². The van der Waals surface area contributed by atoms with E-state index in [1.54, 1.807) is 0 Å². The molecule has 6 N–H and O–H groups in total. The zero-order valence-electron chi connectivity index (χ0n) is 20.9. The van der Waals surface area contributed by atoms with Gasteiger partial charge in [-0.3, -0.25) is 24.2 Å². The molecule has 9 nitrogen and oxygen atoms in total. The van der Waals surface area contributed by atoms with E-state index >= 15 is 0 Å². The summed E-state index contributed by atoms with van der Waals surface area (Å²) < 4.78 is 0. The molecule has 11 heteroatoms. The van der Waals surface area contributed by atoms with Gasteiger partial charge in [-0.2, -0.15) is 0 Å². The number of anilines is 2. The first-order chi connectivity index (χ1) is 18.3. The minimum absolute atomic E-state index is 0.0984. The van der Waals surface area contributed by atoms with Crippen LogP contribution in [0.2, 0.25) is 0 Å². The van der Waals surface area contributed by atoms with Crippen LogP contribution in [-0.2, 0) is 25.7 Å². The predicted molar refractivity (Wildman–Crippen MR) is 148 cm³/mol. The van der Waals surface area contributed by atoms with Crippen LogP contribution in [0.5, 0.6) is 0 Å². The van der Waals surface area contributed by atoms with E-state index in [0.29, 0.717) is 21.1 Å². The molecule has 0 saturated heterocycles. The highest BCUT2D eigenvalue weighted by Crippen LogP contribution is 2.38. The Hall–Kier alpha value is -3.57. The first-order valence-electron chi connectivity index (χ1n) is 12.8. The van der Waals surface area contributed by atoms with Gasteiger partial charge in [-0.25, -0.2) is 0 Å². The normalized spacial score (nSPS) is 14.9. The highest BCUT2D eigenvalue weighted by Gasteiger charge is 2.26. The molecule has 0 spiro atoms. The lowest BCUT2D eigenvalue weighted by Gasteiger charge is -2.08. The maximum atomic E-state index is 13.0. The summed E-state index contributed by atoms with van der Waals surface area (Å²) in [7, 11) is 0. The number of thiophene rings is 2. The largest absolute Gasteiger partial charge is 0.365 e. The molecule has 2 aliphatic rings. The number of carbonyl (C=O) groups is 4. The van der Waals surface area contributed by atoms with E-state index in [0.717, 1.165) is 85.1 Å². The molecule has 5 rings (SSSR count). The number of aromatic nitrogens is 1. The number of hydrogen-bond donors (Lipinski definition) is 4. The van der Waals surface area contributed by atoms with Crippen LogP contribution in [0.4, 0.5) is 10.0 Å². The lowest BCUT2D eigenvalue weighted by Crippen LogP contribution is -2.20. The van der Waals surface area contributed by atoms with E-state index < -0.39 is 23.6 Å². The van der Waals surface area contributed by atoms with Crippen LogP contribution < -0.4 is 22.1 Å². The summed E-state index contributed by atoms with van der Waals surface area (Å²) >= 11 is 2.79. The Morgan fingerprint density at radius 1 is 0.684 bits per heavy atom. The number of carbonyl (C=O) groups excluding carboxylic acids is 4. The van der Waals surface area contributed by atoms with Crippen molar-refractivity contribution in [3.8, 4) is 0 Å². The first kappa shape index (κ1) is 26.1. The van der Waals surface area contributed by atoms with Gasteiger partial charge in [0.05, 0.1) is 16.7 Å². The lowest BCUT2D eigenvalue weighted by molar-refractivity contribution is 0.0989. The zero-order chi connectivity index (χ0) is 26.8. The number of pyridine rings is 1. The zero-order valence-corrected chi connectivity index (χ0v) is 22.5. The quantitative estimate of drug-likeness (QED) is 0.333. The molecule has 3 heterocycles. The second-order valence-electron chi connectivity index (χ2n) is 9.61. The topological polar surface area (TPSA) is 157 Å². The molecule has 198 valence electrons. The summed E-state index contributed by atoms with van der Waals surface area (Å²) in [5.41, 5.74) is 14.3. The summed E-state index contributed by atoms with van der Waals surface area (Å²) in [4.78, 5) is 56.6. The fourth-order valence-electron chi connectivity index (χ4n) is 5.19. The molecular weight excluding hydrogens is 522 g/mol. The number of rotatable bonds is 6. The van der Waals surface area contributed by atoms with Gasteiger partial charge in [0.15, 0.2) is 0 Å². The summed E-state index contributed by atoms with van der Waals surface area (Å²) in [6, 6.07) is 2.95. The molecule has 0 atom stereocenters. The average molecular weight is 552 g/mol. The van der Waals surface area contributed by atoms with Crippen molar-refractivity contribution in [2.24, 2.45) is 11.5 Å². The second kappa shape index (κ2) is 11.0. The van der Waals surface area contributed by atoms with Gasteiger partial charge in [-0.05, 0) is 74.6 Å². The molecule has 0 bridgehead atoms. The number of aryl methyl sites for hydroxylation is 2. The molecule has 0 aromatic carbocycles. The van der Waals surface area contributed by atoms with Gasteiger partial charge in [0, 0.05) is 16.0 Å². The Morgan fingerprint density at radius 2 is 1.18 bits per heavy atom. The van der Waals surface area contributed by atoms with Gasteiger partial charge < -0.3 is 22.1 Å². The highest BCUT2D eigenvalue weighted by atomic mass is 32.1. The van der Waals surface area contributed by atoms with E-state index in [2.05, 4.69) is 15.6 Å². The molecule has 4 amide bonds. The van der Waals surface area contributed by atoms with E-state index in [-0.39, 0.29) is 11.3 Å². The SMILES string of the molecule is NC(=O)c1c(NC(=O)c2ccc(C(=O)Nc3sc4c(c3C(N)=O)CCCCC4)nc2)sc2c1CCCCC2. The second-order valence-corrected chi connectivity index (χ2v) is 11.8. The van der Waals surface area contributed by atoms with Crippen LogP contribution in [0, 0.1) is 0 Å². The summed E-state index contributed by atoms with van der Waals surface area (Å²) in [5, 5.41) is 6.50. The fraction of sp³-hybridized carbons (Fsp3) is 0.370. The number of nitrogens with one attached hydrogen (secondary N) is 2. The van der Waals surface area contributed by atoms with Crippen LogP contribution in [0.1, 0.15) is 101 Å². The minimum Gasteiger partial charge on any atom is -0.365 e. The number of fused-ring (bicyclic) bond motifs is 2. The van der Waals surface area contributed by atoms with Crippen molar-refractivity contribution < 1.29 is 19.2 Å². The van der Waals surface area contributed by atoms with Gasteiger partial charge in [-0.1, -0.05) is 12.8 Å². The Bertz CT molecular complexity index is 1320. The van der Waals surface area contributed by atoms with Crippen molar-refractivity contribution in [2.75, 3.05) is 10.6 Å². The van der Waals surface area contributed by atoms with Crippen molar-refractivity contribution in [1.29, 1.82) is 0 Å². The van der Waals surface area contributed by atoms with Crippen LogP contribution in [0.3, 0.4) is 0 Å². The van der Waals surface area contributed by atoms with Crippen molar-refractivity contribution in [3.05, 3.63) is 61.6 Å². The molecule has 2 aliphatic carbocycles.